The molecule has 0 saturated carbocycles. The van der Waals surface area contributed by atoms with Gasteiger partial charge in [0.25, 0.3) is 0 Å². The predicted molar refractivity (Wildman–Crippen MR) is 90.4 cm³/mol. The van der Waals surface area contributed by atoms with Gasteiger partial charge in [-0.3, -0.25) is 0 Å². The number of pyridine rings is 2. The molecule has 0 unspecified atom stereocenters. The fourth-order valence-corrected chi connectivity index (χ4v) is 3.23. The SMILES string of the molecule is OCC1CCN(c2cccc(-c3cnn4ccccc34)n2)CC1. The van der Waals surface area contributed by atoms with Gasteiger partial charge < -0.3 is 10.0 Å². The van der Waals surface area contributed by atoms with Gasteiger partial charge in [-0.05, 0) is 43.0 Å². The number of aliphatic hydroxyl groups is 1. The Hall–Kier alpha value is -2.40. The largest absolute Gasteiger partial charge is 0.396 e. The number of hydrogen-bond acceptors (Lipinski definition) is 4. The number of aliphatic hydroxyl groups excluding tert-OH is 1. The van der Waals surface area contributed by atoms with Crippen molar-refractivity contribution in [3.8, 4) is 11.3 Å². The van der Waals surface area contributed by atoms with E-state index >= 15 is 0 Å². The molecule has 0 aromatic carbocycles. The number of hydrogen-bond donors (Lipinski definition) is 1. The summed E-state index contributed by atoms with van der Waals surface area (Å²) in [6.07, 6.45) is 5.88. The molecule has 0 bridgehead atoms. The zero-order valence-electron chi connectivity index (χ0n) is 13.0. The Bertz CT molecular complexity index is 805. The van der Waals surface area contributed by atoms with Crippen molar-refractivity contribution in [1.29, 1.82) is 0 Å². The van der Waals surface area contributed by atoms with Gasteiger partial charge in [0.15, 0.2) is 0 Å². The van der Waals surface area contributed by atoms with Gasteiger partial charge in [0, 0.05) is 31.5 Å². The zero-order chi connectivity index (χ0) is 15.6. The maximum absolute atomic E-state index is 9.27. The molecule has 5 nitrogen and oxygen atoms in total. The highest BCUT2D eigenvalue weighted by Gasteiger charge is 2.20. The topological polar surface area (TPSA) is 53.7 Å². The van der Waals surface area contributed by atoms with Crippen molar-refractivity contribution >= 4 is 11.3 Å². The first-order chi connectivity index (χ1) is 11.3. The average molecular weight is 308 g/mol. The maximum atomic E-state index is 9.27. The summed E-state index contributed by atoms with van der Waals surface area (Å²) in [4.78, 5) is 7.16. The molecule has 3 aromatic heterocycles. The second kappa shape index (κ2) is 6.01. The fourth-order valence-electron chi connectivity index (χ4n) is 3.23. The van der Waals surface area contributed by atoms with Crippen molar-refractivity contribution in [2.75, 3.05) is 24.6 Å². The first kappa shape index (κ1) is 14.2. The van der Waals surface area contributed by atoms with Crippen molar-refractivity contribution in [3.63, 3.8) is 0 Å². The lowest BCUT2D eigenvalue weighted by Crippen LogP contribution is -2.35. The fraction of sp³-hybridized carbons (Fsp3) is 0.333. The first-order valence-electron chi connectivity index (χ1n) is 8.11. The molecule has 4 rings (SSSR count). The van der Waals surface area contributed by atoms with Gasteiger partial charge in [0.05, 0.1) is 17.4 Å². The molecule has 1 fully saturated rings. The second-order valence-electron chi connectivity index (χ2n) is 6.08. The van der Waals surface area contributed by atoms with E-state index < -0.39 is 0 Å². The number of fused-ring (bicyclic) bond motifs is 1. The smallest absolute Gasteiger partial charge is 0.129 e. The Morgan fingerprint density at radius 3 is 2.78 bits per heavy atom. The van der Waals surface area contributed by atoms with E-state index in [-0.39, 0.29) is 0 Å². The molecule has 1 aliphatic heterocycles. The maximum Gasteiger partial charge on any atom is 0.129 e. The van der Waals surface area contributed by atoms with E-state index in [2.05, 4.69) is 28.2 Å². The second-order valence-corrected chi connectivity index (χ2v) is 6.08. The molecule has 3 aromatic rings. The van der Waals surface area contributed by atoms with Gasteiger partial charge in [-0.2, -0.15) is 5.10 Å². The third-order valence-corrected chi connectivity index (χ3v) is 4.63. The van der Waals surface area contributed by atoms with E-state index in [0.29, 0.717) is 12.5 Å². The van der Waals surface area contributed by atoms with Crippen molar-refractivity contribution in [2.45, 2.75) is 12.8 Å². The Morgan fingerprint density at radius 2 is 1.96 bits per heavy atom. The van der Waals surface area contributed by atoms with E-state index in [4.69, 9.17) is 4.98 Å². The van der Waals surface area contributed by atoms with Gasteiger partial charge in [0.1, 0.15) is 5.82 Å². The highest BCUT2D eigenvalue weighted by Crippen LogP contribution is 2.26. The zero-order valence-corrected chi connectivity index (χ0v) is 13.0. The van der Waals surface area contributed by atoms with Crippen LogP contribution in [0.3, 0.4) is 0 Å². The lowest BCUT2D eigenvalue weighted by molar-refractivity contribution is 0.203. The van der Waals surface area contributed by atoms with Gasteiger partial charge >= 0.3 is 0 Å². The Balaban J connectivity index is 1.64. The Kier molecular flexibility index (Phi) is 3.71. The molecule has 0 aliphatic carbocycles. The summed E-state index contributed by atoms with van der Waals surface area (Å²) in [6.45, 7) is 2.20. The molecule has 0 spiro atoms. The third kappa shape index (κ3) is 2.68. The lowest BCUT2D eigenvalue weighted by atomic mass is 9.98. The van der Waals surface area contributed by atoms with E-state index in [1.165, 1.54) is 0 Å². The van der Waals surface area contributed by atoms with Crippen molar-refractivity contribution in [1.82, 2.24) is 14.6 Å². The van der Waals surface area contributed by atoms with Crippen LogP contribution in [0.5, 0.6) is 0 Å². The standard InChI is InChI=1S/C18H20N4O/c23-13-14-7-10-21(11-8-14)18-6-3-4-16(20-18)15-12-19-22-9-2-1-5-17(15)22/h1-6,9,12,14,23H,7-8,10-11,13H2. The van der Waals surface area contributed by atoms with E-state index in [9.17, 15) is 5.11 Å². The van der Waals surface area contributed by atoms with Gasteiger partial charge in [-0.1, -0.05) is 12.1 Å². The van der Waals surface area contributed by atoms with Crippen LogP contribution in [-0.4, -0.2) is 39.4 Å². The summed E-state index contributed by atoms with van der Waals surface area (Å²) in [5.74, 6) is 1.45. The number of anilines is 1. The summed E-state index contributed by atoms with van der Waals surface area (Å²) in [7, 11) is 0. The minimum absolute atomic E-state index is 0.295. The summed E-state index contributed by atoms with van der Waals surface area (Å²) in [5, 5.41) is 13.7. The highest BCUT2D eigenvalue weighted by molar-refractivity contribution is 5.78. The van der Waals surface area contributed by atoms with Crippen LogP contribution < -0.4 is 4.90 Å². The average Bonchev–Trinajstić information content (AvgIpc) is 3.06. The van der Waals surface area contributed by atoms with Crippen LogP contribution in [0.1, 0.15) is 12.8 Å². The van der Waals surface area contributed by atoms with Gasteiger partial charge in [-0.15, -0.1) is 0 Å². The minimum atomic E-state index is 0.295. The number of nitrogens with zero attached hydrogens (tertiary/aromatic N) is 4. The number of aromatic nitrogens is 3. The lowest BCUT2D eigenvalue weighted by Gasteiger charge is -2.32. The molecule has 1 N–H and O–H groups in total. The van der Waals surface area contributed by atoms with Crippen molar-refractivity contribution < 1.29 is 5.11 Å². The Morgan fingerprint density at radius 1 is 1.09 bits per heavy atom. The molecule has 1 saturated heterocycles. The molecule has 118 valence electrons. The molecule has 1 aliphatic rings. The molecule has 23 heavy (non-hydrogen) atoms. The van der Waals surface area contributed by atoms with Crippen LogP contribution in [0.4, 0.5) is 5.82 Å². The van der Waals surface area contributed by atoms with Crippen molar-refractivity contribution in [2.24, 2.45) is 5.92 Å². The van der Waals surface area contributed by atoms with Crippen LogP contribution in [0.15, 0.2) is 48.8 Å². The van der Waals surface area contributed by atoms with Crippen LogP contribution in [0.2, 0.25) is 0 Å². The highest BCUT2D eigenvalue weighted by atomic mass is 16.3. The van der Waals surface area contributed by atoms with E-state index in [0.717, 1.165) is 48.5 Å². The van der Waals surface area contributed by atoms with Crippen molar-refractivity contribution in [3.05, 3.63) is 48.8 Å². The summed E-state index contributed by atoms with van der Waals surface area (Å²) in [5.41, 5.74) is 3.07. The summed E-state index contributed by atoms with van der Waals surface area (Å²) in [6, 6.07) is 12.2. The van der Waals surface area contributed by atoms with Crippen LogP contribution in [0, 0.1) is 5.92 Å². The first-order valence-corrected chi connectivity index (χ1v) is 8.11. The van der Waals surface area contributed by atoms with E-state index in [1.807, 2.05) is 35.1 Å². The molecule has 0 amide bonds. The molecular formula is C18H20N4O. The van der Waals surface area contributed by atoms with Crippen LogP contribution in [0.25, 0.3) is 16.8 Å². The van der Waals surface area contributed by atoms with Crippen LogP contribution in [-0.2, 0) is 0 Å². The summed E-state index contributed by atoms with van der Waals surface area (Å²) >= 11 is 0. The van der Waals surface area contributed by atoms with E-state index in [1.54, 1.807) is 0 Å². The van der Waals surface area contributed by atoms with Gasteiger partial charge in [0.2, 0.25) is 0 Å². The normalized spacial score (nSPS) is 16.1. The summed E-state index contributed by atoms with van der Waals surface area (Å²) < 4.78 is 1.87. The minimum Gasteiger partial charge on any atom is -0.396 e. The monoisotopic (exact) mass is 308 g/mol. The molecule has 0 radical (unpaired) electrons. The Labute approximate surface area is 135 Å². The number of rotatable bonds is 3. The third-order valence-electron chi connectivity index (χ3n) is 4.63. The molecule has 4 heterocycles. The van der Waals surface area contributed by atoms with Crippen LogP contribution >= 0.6 is 0 Å². The number of piperidine rings is 1. The quantitative estimate of drug-likeness (QED) is 0.808. The predicted octanol–water partition coefficient (Wildman–Crippen LogP) is 2.61. The molecule has 5 heteroatoms. The molecular weight excluding hydrogens is 288 g/mol. The molecule has 0 atom stereocenters. The van der Waals surface area contributed by atoms with Gasteiger partial charge in [-0.25, -0.2) is 9.50 Å².